The molecule has 102 valence electrons. The first-order valence-corrected chi connectivity index (χ1v) is 6.04. The molecule has 2 aromatic rings. The zero-order valence-electron chi connectivity index (χ0n) is 11.2. The van der Waals surface area contributed by atoms with Crippen LogP contribution in [0.15, 0.2) is 35.4 Å². The van der Waals surface area contributed by atoms with E-state index < -0.39 is 0 Å². The number of benzene rings is 1. The van der Waals surface area contributed by atoms with Crippen LogP contribution in [-0.2, 0) is 0 Å². The Balaban J connectivity index is 2.23. The first-order valence-electron chi connectivity index (χ1n) is 6.04. The van der Waals surface area contributed by atoms with Gasteiger partial charge < -0.3 is 15.0 Å². The number of rotatable bonds is 4. The highest BCUT2D eigenvalue weighted by Gasteiger charge is 2.12. The summed E-state index contributed by atoms with van der Waals surface area (Å²) in [6.45, 7) is 1.93. The van der Waals surface area contributed by atoms with Gasteiger partial charge in [-0.25, -0.2) is 4.98 Å². The van der Waals surface area contributed by atoms with Gasteiger partial charge in [0.2, 0.25) is 5.75 Å². The molecule has 0 fully saturated rings. The van der Waals surface area contributed by atoms with Crippen LogP contribution >= 0.6 is 0 Å². The number of aromatic nitrogens is 2. The van der Waals surface area contributed by atoms with Gasteiger partial charge in [-0.15, -0.1) is 0 Å². The minimum absolute atomic E-state index is 0.0778. The van der Waals surface area contributed by atoms with E-state index >= 15 is 0 Å². The maximum absolute atomic E-state index is 11.6. The van der Waals surface area contributed by atoms with Gasteiger partial charge in [-0.3, -0.25) is 4.79 Å². The van der Waals surface area contributed by atoms with Crippen LogP contribution in [-0.4, -0.2) is 17.1 Å². The molecule has 0 radical (unpaired) electrons. The molecule has 0 amide bonds. The van der Waals surface area contributed by atoms with Gasteiger partial charge in [0, 0.05) is 0 Å². The summed E-state index contributed by atoms with van der Waals surface area (Å²) in [5.74, 6) is 0.529. The molecule has 0 bridgehead atoms. The maximum Gasteiger partial charge on any atom is 0.295 e. The average molecular weight is 270 g/mol. The van der Waals surface area contributed by atoms with Crippen molar-refractivity contribution < 1.29 is 4.74 Å². The van der Waals surface area contributed by atoms with Crippen molar-refractivity contribution in [2.24, 2.45) is 0 Å². The van der Waals surface area contributed by atoms with Crippen molar-refractivity contribution in [1.29, 1.82) is 5.26 Å². The van der Waals surface area contributed by atoms with Crippen molar-refractivity contribution in [2.45, 2.75) is 13.0 Å². The average Bonchev–Trinajstić information content (AvgIpc) is 2.47. The lowest BCUT2D eigenvalue weighted by molar-refractivity contribution is 0.407. The van der Waals surface area contributed by atoms with E-state index in [2.05, 4.69) is 21.4 Å². The second-order valence-electron chi connectivity index (χ2n) is 4.21. The van der Waals surface area contributed by atoms with Gasteiger partial charge >= 0.3 is 0 Å². The summed E-state index contributed by atoms with van der Waals surface area (Å²) in [7, 11) is 1.42. The van der Waals surface area contributed by atoms with Crippen molar-refractivity contribution in [1.82, 2.24) is 9.97 Å². The van der Waals surface area contributed by atoms with Crippen LogP contribution in [0.4, 0.5) is 5.82 Å². The topological polar surface area (TPSA) is 90.8 Å². The van der Waals surface area contributed by atoms with E-state index in [4.69, 9.17) is 10.00 Å². The molecule has 2 N–H and O–H groups in total. The Hall–Kier alpha value is -2.81. The first-order chi connectivity index (χ1) is 9.65. The number of anilines is 1. The summed E-state index contributed by atoms with van der Waals surface area (Å²) in [4.78, 5) is 18.1. The highest BCUT2D eigenvalue weighted by molar-refractivity contribution is 5.49. The largest absolute Gasteiger partial charge is 0.489 e. The summed E-state index contributed by atoms with van der Waals surface area (Å²) in [5.41, 5.74) is 1.25. The Morgan fingerprint density at radius 1 is 1.40 bits per heavy atom. The third kappa shape index (κ3) is 2.78. The first kappa shape index (κ1) is 13.6. The van der Waals surface area contributed by atoms with Crippen molar-refractivity contribution in [2.75, 3.05) is 12.4 Å². The molecule has 0 aliphatic rings. The van der Waals surface area contributed by atoms with Crippen LogP contribution < -0.4 is 15.6 Å². The van der Waals surface area contributed by atoms with E-state index in [1.165, 1.54) is 13.4 Å². The number of ether oxygens (including phenoxy) is 1. The Morgan fingerprint density at radius 3 is 2.70 bits per heavy atom. The highest BCUT2D eigenvalue weighted by atomic mass is 16.5. The number of H-pyrrole nitrogens is 1. The Kier molecular flexibility index (Phi) is 4.01. The van der Waals surface area contributed by atoms with E-state index in [9.17, 15) is 4.79 Å². The Bertz CT molecular complexity index is 686. The van der Waals surface area contributed by atoms with E-state index in [1.54, 1.807) is 12.1 Å². The Labute approximate surface area is 116 Å². The summed E-state index contributed by atoms with van der Waals surface area (Å²) < 4.78 is 5.04. The van der Waals surface area contributed by atoms with Crippen LogP contribution in [0.25, 0.3) is 0 Å². The van der Waals surface area contributed by atoms with Gasteiger partial charge in [-0.1, -0.05) is 12.1 Å². The summed E-state index contributed by atoms with van der Waals surface area (Å²) in [5, 5.41) is 11.9. The summed E-state index contributed by atoms with van der Waals surface area (Å²) >= 11 is 0. The zero-order chi connectivity index (χ0) is 14.5. The number of hydrogen-bond donors (Lipinski definition) is 2. The monoisotopic (exact) mass is 270 g/mol. The molecule has 1 atom stereocenters. The molecule has 6 nitrogen and oxygen atoms in total. The molecule has 2 rings (SSSR count). The smallest absolute Gasteiger partial charge is 0.295 e. The minimum atomic E-state index is -0.336. The van der Waals surface area contributed by atoms with Crippen LogP contribution in [0.1, 0.15) is 24.1 Å². The third-order valence-electron chi connectivity index (χ3n) is 2.91. The minimum Gasteiger partial charge on any atom is -0.489 e. The molecule has 0 saturated heterocycles. The molecule has 20 heavy (non-hydrogen) atoms. The van der Waals surface area contributed by atoms with E-state index in [-0.39, 0.29) is 17.4 Å². The molecule has 0 saturated carbocycles. The van der Waals surface area contributed by atoms with E-state index in [0.29, 0.717) is 11.4 Å². The van der Waals surface area contributed by atoms with Crippen LogP contribution in [0.2, 0.25) is 0 Å². The predicted octanol–water partition coefficient (Wildman–Crippen LogP) is 1.82. The van der Waals surface area contributed by atoms with E-state index in [1.807, 2.05) is 19.1 Å². The van der Waals surface area contributed by atoms with Crippen molar-refractivity contribution >= 4 is 5.82 Å². The normalized spacial score (nSPS) is 11.4. The Morgan fingerprint density at radius 2 is 2.10 bits per heavy atom. The molecule has 0 aliphatic heterocycles. The maximum atomic E-state index is 11.6. The van der Waals surface area contributed by atoms with Gasteiger partial charge in [0.1, 0.15) is 0 Å². The highest BCUT2D eigenvalue weighted by Crippen LogP contribution is 2.22. The zero-order valence-corrected chi connectivity index (χ0v) is 11.2. The van der Waals surface area contributed by atoms with Crippen LogP contribution in [0.3, 0.4) is 0 Å². The number of nitriles is 1. The molecule has 1 aromatic carbocycles. The SMILES string of the molecule is COc1c(NC(C)c2ccc(C#N)cc2)nc[nH]c1=O. The summed E-state index contributed by atoms with van der Waals surface area (Å²) in [6, 6.07) is 9.20. The molecular weight excluding hydrogens is 256 g/mol. The van der Waals surface area contributed by atoms with Crippen molar-refractivity contribution in [3.05, 3.63) is 52.1 Å². The van der Waals surface area contributed by atoms with Crippen LogP contribution in [0.5, 0.6) is 5.75 Å². The number of hydrogen-bond acceptors (Lipinski definition) is 5. The van der Waals surface area contributed by atoms with Crippen LogP contribution in [0, 0.1) is 11.3 Å². The van der Waals surface area contributed by atoms with Gasteiger partial charge in [-0.2, -0.15) is 5.26 Å². The fraction of sp³-hybridized carbons (Fsp3) is 0.214. The fourth-order valence-corrected chi connectivity index (χ4v) is 1.81. The van der Waals surface area contributed by atoms with Gasteiger partial charge in [-0.05, 0) is 24.6 Å². The molecule has 6 heteroatoms. The molecule has 0 aliphatic carbocycles. The predicted molar refractivity (Wildman–Crippen MR) is 74.6 cm³/mol. The quantitative estimate of drug-likeness (QED) is 0.884. The van der Waals surface area contributed by atoms with Crippen molar-refractivity contribution in [3.8, 4) is 11.8 Å². The molecule has 1 aromatic heterocycles. The second-order valence-corrected chi connectivity index (χ2v) is 4.21. The number of methoxy groups -OCH3 is 1. The molecular formula is C14H14N4O2. The molecule has 0 spiro atoms. The number of nitrogens with one attached hydrogen (secondary N) is 2. The fourth-order valence-electron chi connectivity index (χ4n) is 1.81. The molecule has 1 heterocycles. The summed E-state index contributed by atoms with van der Waals surface area (Å²) in [6.07, 6.45) is 1.32. The van der Waals surface area contributed by atoms with Crippen molar-refractivity contribution in [3.63, 3.8) is 0 Å². The molecule has 1 unspecified atom stereocenters. The third-order valence-corrected chi connectivity index (χ3v) is 2.91. The van der Waals surface area contributed by atoms with Gasteiger partial charge in [0.15, 0.2) is 5.82 Å². The van der Waals surface area contributed by atoms with E-state index in [0.717, 1.165) is 5.56 Å². The van der Waals surface area contributed by atoms with Gasteiger partial charge in [0.25, 0.3) is 5.56 Å². The second kappa shape index (κ2) is 5.89. The lowest BCUT2D eigenvalue weighted by Gasteiger charge is -2.16. The van der Waals surface area contributed by atoms with Gasteiger partial charge in [0.05, 0.1) is 31.1 Å². The number of aromatic amines is 1. The number of nitrogens with zero attached hydrogens (tertiary/aromatic N) is 2. The lowest BCUT2D eigenvalue weighted by atomic mass is 10.1. The standard InChI is InChI=1S/C14H14N4O2/c1-9(11-5-3-10(7-15)4-6-11)18-13-12(20-2)14(19)17-8-16-13/h3-6,8-9H,1-2H3,(H2,16,17,18,19). The lowest BCUT2D eigenvalue weighted by Crippen LogP contribution is -2.16.